The Labute approximate surface area is 152 Å². The molecule has 26 heavy (non-hydrogen) atoms. The summed E-state index contributed by atoms with van der Waals surface area (Å²) in [5, 5.41) is 0. The molecule has 2 heterocycles. The zero-order valence-corrected chi connectivity index (χ0v) is 14.5. The van der Waals surface area contributed by atoms with Crippen LogP contribution in [0.2, 0.25) is 0 Å². The molecule has 0 saturated heterocycles. The van der Waals surface area contributed by atoms with Crippen LogP contribution in [0.3, 0.4) is 0 Å². The highest BCUT2D eigenvalue weighted by Crippen LogP contribution is 2.35. The number of hydrogen-bond acceptors (Lipinski definition) is 3. The first-order valence-electron chi connectivity index (χ1n) is 8.64. The second-order valence-electron chi connectivity index (χ2n) is 6.64. The number of ketones is 1. The fourth-order valence-corrected chi connectivity index (χ4v) is 3.57. The van der Waals surface area contributed by atoms with E-state index in [9.17, 15) is 9.59 Å². The molecule has 1 aliphatic heterocycles. The Balaban J connectivity index is 1.90. The van der Waals surface area contributed by atoms with Gasteiger partial charge in [0, 0.05) is 6.42 Å². The number of nitrogens with zero attached hydrogens (tertiary/aromatic N) is 1. The lowest BCUT2D eigenvalue weighted by atomic mass is 9.91. The quantitative estimate of drug-likeness (QED) is 0.707. The Kier molecular flexibility index (Phi) is 4.17. The smallest absolute Gasteiger partial charge is 0.290 e. The van der Waals surface area contributed by atoms with Gasteiger partial charge in [-0.25, -0.2) is 0 Å². The molecular weight excluding hydrogens is 326 g/mol. The monoisotopic (exact) mass is 345 g/mol. The lowest BCUT2D eigenvalue weighted by Crippen LogP contribution is -2.38. The highest BCUT2D eigenvalue weighted by atomic mass is 16.3. The van der Waals surface area contributed by atoms with E-state index in [0.29, 0.717) is 6.42 Å². The predicted octanol–water partition coefficient (Wildman–Crippen LogP) is 3.95. The summed E-state index contributed by atoms with van der Waals surface area (Å²) in [5.41, 5.74) is 4.06. The molecule has 4 nitrogen and oxygen atoms in total. The first-order chi connectivity index (χ1) is 12.6. The summed E-state index contributed by atoms with van der Waals surface area (Å²) in [6, 6.07) is 18.9. The van der Waals surface area contributed by atoms with Gasteiger partial charge in [0.15, 0.2) is 11.5 Å². The van der Waals surface area contributed by atoms with Crippen LogP contribution in [-0.2, 0) is 11.2 Å². The van der Waals surface area contributed by atoms with Crippen molar-refractivity contribution in [2.75, 3.05) is 6.54 Å². The molecule has 0 radical (unpaired) electrons. The molecule has 0 aliphatic carbocycles. The van der Waals surface area contributed by atoms with Crippen molar-refractivity contribution in [2.45, 2.75) is 19.4 Å². The molecule has 2 aromatic carbocycles. The third-order valence-electron chi connectivity index (χ3n) is 4.75. The van der Waals surface area contributed by atoms with Gasteiger partial charge in [0.05, 0.1) is 18.8 Å². The molecule has 1 aromatic heterocycles. The number of fused-ring (bicyclic) bond motifs is 1. The van der Waals surface area contributed by atoms with Crippen LogP contribution in [0.25, 0.3) is 0 Å². The minimum atomic E-state index is -0.324. The van der Waals surface area contributed by atoms with Gasteiger partial charge in [-0.05, 0) is 35.7 Å². The molecule has 130 valence electrons. The summed E-state index contributed by atoms with van der Waals surface area (Å²) in [5.74, 6) is -0.00478. The second-order valence-corrected chi connectivity index (χ2v) is 6.64. The molecule has 1 amide bonds. The topological polar surface area (TPSA) is 50.5 Å². The highest BCUT2D eigenvalue weighted by Gasteiger charge is 2.34. The molecule has 0 bridgehead atoms. The number of Topliss-reactive ketones (excluding diaryl/α,β-unsaturated/α-hetero) is 1. The van der Waals surface area contributed by atoms with Gasteiger partial charge in [-0.1, -0.05) is 54.1 Å². The lowest BCUT2D eigenvalue weighted by molar-refractivity contribution is -0.119. The molecule has 0 spiro atoms. The summed E-state index contributed by atoms with van der Waals surface area (Å²) < 4.78 is 5.32. The molecule has 1 aliphatic rings. The third-order valence-corrected chi connectivity index (χ3v) is 4.75. The number of carbonyl (C=O) groups excluding carboxylic acids is 2. The standard InChI is InChI=1S/C22H19NO3/c1-15-9-10-17-13-18(24)14-23(22(25)20-8-5-11-26-20)21(19(17)12-15)16-6-3-2-4-7-16/h2-12,21H,13-14H2,1H3. The van der Waals surface area contributed by atoms with Gasteiger partial charge in [0.25, 0.3) is 5.91 Å². The van der Waals surface area contributed by atoms with Crippen molar-refractivity contribution in [2.24, 2.45) is 0 Å². The number of furan rings is 1. The van der Waals surface area contributed by atoms with Crippen molar-refractivity contribution >= 4 is 11.7 Å². The number of rotatable bonds is 2. The molecule has 3 aromatic rings. The van der Waals surface area contributed by atoms with E-state index in [0.717, 1.165) is 22.3 Å². The zero-order chi connectivity index (χ0) is 18.1. The van der Waals surface area contributed by atoms with Crippen LogP contribution in [0.15, 0.2) is 71.3 Å². The van der Waals surface area contributed by atoms with Crippen molar-refractivity contribution in [3.05, 3.63) is 94.9 Å². The van der Waals surface area contributed by atoms with Crippen molar-refractivity contribution in [1.29, 1.82) is 0 Å². The average Bonchev–Trinajstić information content (AvgIpc) is 3.13. The average molecular weight is 345 g/mol. The highest BCUT2D eigenvalue weighted by molar-refractivity contribution is 5.96. The SMILES string of the molecule is Cc1ccc2c(c1)C(c1ccccc1)N(C(=O)c1ccco1)CC(=O)C2. The van der Waals surface area contributed by atoms with Crippen LogP contribution in [0.1, 0.15) is 38.9 Å². The van der Waals surface area contributed by atoms with Gasteiger partial charge in [-0.15, -0.1) is 0 Å². The van der Waals surface area contributed by atoms with Crippen LogP contribution in [0.5, 0.6) is 0 Å². The molecule has 0 N–H and O–H groups in total. The van der Waals surface area contributed by atoms with Crippen molar-refractivity contribution in [3.63, 3.8) is 0 Å². The molecule has 4 heteroatoms. The van der Waals surface area contributed by atoms with E-state index in [1.165, 1.54) is 6.26 Å². The zero-order valence-electron chi connectivity index (χ0n) is 14.5. The van der Waals surface area contributed by atoms with E-state index in [2.05, 4.69) is 6.07 Å². The van der Waals surface area contributed by atoms with Gasteiger partial charge < -0.3 is 9.32 Å². The summed E-state index contributed by atoms with van der Waals surface area (Å²) in [7, 11) is 0. The Morgan fingerprint density at radius 3 is 2.62 bits per heavy atom. The molecule has 0 saturated carbocycles. The fraction of sp³-hybridized carbons (Fsp3) is 0.182. The Morgan fingerprint density at radius 2 is 1.88 bits per heavy atom. The van der Waals surface area contributed by atoms with E-state index < -0.39 is 0 Å². The second kappa shape index (κ2) is 6.64. The Hall–Kier alpha value is -3.14. The van der Waals surface area contributed by atoms with Crippen LogP contribution in [0, 0.1) is 6.92 Å². The Morgan fingerprint density at radius 1 is 1.08 bits per heavy atom. The number of hydrogen-bond donors (Lipinski definition) is 0. The minimum Gasteiger partial charge on any atom is -0.459 e. The molecule has 4 rings (SSSR count). The fourth-order valence-electron chi connectivity index (χ4n) is 3.57. The molecular formula is C22H19NO3. The van der Waals surface area contributed by atoms with Crippen molar-refractivity contribution < 1.29 is 14.0 Å². The maximum Gasteiger partial charge on any atom is 0.290 e. The molecule has 1 atom stereocenters. The maximum atomic E-state index is 13.1. The minimum absolute atomic E-state index is 0.0217. The number of benzene rings is 2. The van der Waals surface area contributed by atoms with Gasteiger partial charge in [0.1, 0.15) is 0 Å². The van der Waals surface area contributed by atoms with E-state index in [-0.39, 0.29) is 30.0 Å². The van der Waals surface area contributed by atoms with E-state index in [1.54, 1.807) is 17.0 Å². The summed E-state index contributed by atoms with van der Waals surface area (Å²) >= 11 is 0. The summed E-state index contributed by atoms with van der Waals surface area (Å²) in [4.78, 5) is 27.3. The van der Waals surface area contributed by atoms with Gasteiger partial charge in [-0.3, -0.25) is 9.59 Å². The van der Waals surface area contributed by atoms with Crippen LogP contribution >= 0.6 is 0 Å². The van der Waals surface area contributed by atoms with Crippen LogP contribution < -0.4 is 0 Å². The summed E-state index contributed by atoms with van der Waals surface area (Å²) in [6.45, 7) is 2.08. The molecule has 1 unspecified atom stereocenters. The summed E-state index contributed by atoms with van der Waals surface area (Å²) in [6.07, 6.45) is 1.81. The first-order valence-corrected chi connectivity index (χ1v) is 8.64. The van der Waals surface area contributed by atoms with Crippen molar-refractivity contribution in [1.82, 2.24) is 4.90 Å². The van der Waals surface area contributed by atoms with E-state index >= 15 is 0 Å². The number of carbonyl (C=O) groups is 2. The lowest BCUT2D eigenvalue weighted by Gasteiger charge is -2.30. The van der Waals surface area contributed by atoms with Crippen molar-refractivity contribution in [3.8, 4) is 0 Å². The van der Waals surface area contributed by atoms with Gasteiger partial charge in [-0.2, -0.15) is 0 Å². The van der Waals surface area contributed by atoms with Crippen LogP contribution in [-0.4, -0.2) is 23.1 Å². The normalized spacial score (nSPS) is 16.9. The molecule has 0 fully saturated rings. The van der Waals surface area contributed by atoms with E-state index in [1.807, 2.05) is 49.4 Å². The largest absolute Gasteiger partial charge is 0.459 e. The third kappa shape index (κ3) is 2.94. The maximum absolute atomic E-state index is 13.1. The predicted molar refractivity (Wildman–Crippen MR) is 97.9 cm³/mol. The number of amides is 1. The van der Waals surface area contributed by atoms with Crippen LogP contribution in [0.4, 0.5) is 0 Å². The van der Waals surface area contributed by atoms with Gasteiger partial charge in [0.2, 0.25) is 0 Å². The van der Waals surface area contributed by atoms with Gasteiger partial charge >= 0.3 is 0 Å². The Bertz CT molecular complexity index is 945. The first kappa shape index (κ1) is 16.3. The number of aryl methyl sites for hydroxylation is 1. The van der Waals surface area contributed by atoms with E-state index in [4.69, 9.17) is 4.42 Å².